The van der Waals surface area contributed by atoms with Crippen molar-refractivity contribution in [3.63, 3.8) is 0 Å². The van der Waals surface area contributed by atoms with Crippen molar-refractivity contribution in [2.75, 3.05) is 5.32 Å². The molecular weight excluding hydrogens is 262 g/mol. The smallest absolute Gasteiger partial charge is 0.356 e. The summed E-state index contributed by atoms with van der Waals surface area (Å²) in [7, 11) is 0. The maximum absolute atomic E-state index is 11.0. The molecule has 2 N–H and O–H groups in total. The van der Waals surface area contributed by atoms with E-state index in [2.05, 4.69) is 10.3 Å². The van der Waals surface area contributed by atoms with E-state index in [1.807, 2.05) is 0 Å². The second-order valence-corrected chi connectivity index (χ2v) is 3.99. The number of nitro benzene ring substituents is 1. The van der Waals surface area contributed by atoms with E-state index in [1.54, 1.807) is 24.3 Å². The van der Waals surface area contributed by atoms with E-state index in [0.717, 1.165) is 0 Å². The molecule has 0 unspecified atom stereocenters. The van der Waals surface area contributed by atoms with E-state index < -0.39 is 10.9 Å². The van der Waals surface area contributed by atoms with Gasteiger partial charge in [0, 0.05) is 24.9 Å². The molecule has 2 aromatic rings. The van der Waals surface area contributed by atoms with Crippen LogP contribution in [0.2, 0.25) is 0 Å². The fraction of sp³-hybridized carbons (Fsp3) is 0.0769. The van der Waals surface area contributed by atoms with Crippen molar-refractivity contribution in [2.45, 2.75) is 6.54 Å². The number of nitrogens with zero attached hydrogens (tertiary/aromatic N) is 2. The summed E-state index contributed by atoms with van der Waals surface area (Å²) < 4.78 is 0. The second-order valence-electron chi connectivity index (χ2n) is 3.99. The molecule has 0 saturated carbocycles. The number of nitro groups is 1. The first-order chi connectivity index (χ1) is 9.58. The number of non-ortho nitro benzene ring substituents is 1. The summed E-state index contributed by atoms with van der Waals surface area (Å²) in [5.74, 6) is -1.13. The van der Waals surface area contributed by atoms with Crippen molar-refractivity contribution in [1.82, 2.24) is 4.98 Å². The molecule has 102 valence electrons. The van der Waals surface area contributed by atoms with Gasteiger partial charge in [0.2, 0.25) is 0 Å². The fourth-order valence-electron chi connectivity index (χ4n) is 1.70. The van der Waals surface area contributed by atoms with E-state index in [9.17, 15) is 14.9 Å². The van der Waals surface area contributed by atoms with Crippen LogP contribution in [0.1, 0.15) is 16.1 Å². The molecule has 0 saturated heterocycles. The highest BCUT2D eigenvalue weighted by atomic mass is 16.6. The molecule has 0 aliphatic heterocycles. The van der Waals surface area contributed by atoms with Crippen molar-refractivity contribution in [3.8, 4) is 0 Å². The highest BCUT2D eigenvalue weighted by Crippen LogP contribution is 2.16. The predicted molar refractivity (Wildman–Crippen MR) is 71.6 cm³/mol. The van der Waals surface area contributed by atoms with Gasteiger partial charge in [-0.05, 0) is 17.7 Å². The third-order valence-corrected chi connectivity index (χ3v) is 2.61. The SMILES string of the molecule is O=C(O)c1ncccc1NCc1cccc([N+](=O)[O-])c1. The number of rotatable bonds is 5. The summed E-state index contributed by atoms with van der Waals surface area (Å²) in [5, 5.41) is 22.6. The number of carboxylic acids is 1. The van der Waals surface area contributed by atoms with E-state index in [-0.39, 0.29) is 17.9 Å². The predicted octanol–water partition coefficient (Wildman–Crippen LogP) is 2.30. The van der Waals surface area contributed by atoms with Crippen molar-refractivity contribution in [1.29, 1.82) is 0 Å². The number of carboxylic acid groups (broad SMARTS) is 1. The van der Waals surface area contributed by atoms with Crippen molar-refractivity contribution < 1.29 is 14.8 Å². The van der Waals surface area contributed by atoms with Gasteiger partial charge < -0.3 is 10.4 Å². The number of aromatic carboxylic acids is 1. The van der Waals surface area contributed by atoms with Crippen LogP contribution in [-0.2, 0) is 6.54 Å². The number of hydrogen-bond donors (Lipinski definition) is 2. The van der Waals surface area contributed by atoms with Gasteiger partial charge in [-0.1, -0.05) is 12.1 Å². The Morgan fingerprint density at radius 3 is 2.85 bits per heavy atom. The molecule has 1 aromatic carbocycles. The van der Waals surface area contributed by atoms with E-state index in [1.165, 1.54) is 18.3 Å². The van der Waals surface area contributed by atoms with Gasteiger partial charge >= 0.3 is 5.97 Å². The molecule has 1 aromatic heterocycles. The van der Waals surface area contributed by atoms with Gasteiger partial charge in [0.05, 0.1) is 10.6 Å². The highest BCUT2D eigenvalue weighted by Gasteiger charge is 2.11. The Morgan fingerprint density at radius 1 is 1.35 bits per heavy atom. The fourth-order valence-corrected chi connectivity index (χ4v) is 1.70. The summed E-state index contributed by atoms with van der Waals surface area (Å²) in [6.07, 6.45) is 1.39. The molecule has 2 rings (SSSR count). The molecule has 0 radical (unpaired) electrons. The van der Waals surface area contributed by atoms with Crippen LogP contribution >= 0.6 is 0 Å². The van der Waals surface area contributed by atoms with Crippen LogP contribution in [0, 0.1) is 10.1 Å². The van der Waals surface area contributed by atoms with Crippen LogP contribution in [0.5, 0.6) is 0 Å². The summed E-state index contributed by atoms with van der Waals surface area (Å²) in [6, 6.07) is 9.34. The third kappa shape index (κ3) is 3.08. The first-order valence-electron chi connectivity index (χ1n) is 5.73. The van der Waals surface area contributed by atoms with Gasteiger partial charge in [0.15, 0.2) is 5.69 Å². The number of nitrogens with one attached hydrogen (secondary N) is 1. The summed E-state index contributed by atoms with van der Waals surface area (Å²) in [5.41, 5.74) is 0.956. The summed E-state index contributed by atoms with van der Waals surface area (Å²) in [6.45, 7) is 0.271. The summed E-state index contributed by atoms with van der Waals surface area (Å²) in [4.78, 5) is 24.9. The van der Waals surface area contributed by atoms with Gasteiger partial charge in [-0.15, -0.1) is 0 Å². The quantitative estimate of drug-likeness (QED) is 0.639. The molecule has 1 heterocycles. The largest absolute Gasteiger partial charge is 0.476 e. The number of hydrogen-bond acceptors (Lipinski definition) is 5. The molecule has 7 nitrogen and oxygen atoms in total. The average molecular weight is 273 g/mol. The minimum Gasteiger partial charge on any atom is -0.476 e. The van der Waals surface area contributed by atoms with Crippen LogP contribution in [0.4, 0.5) is 11.4 Å². The molecular formula is C13H11N3O4. The Morgan fingerprint density at radius 2 is 2.15 bits per heavy atom. The van der Waals surface area contributed by atoms with Crippen molar-refractivity contribution >= 4 is 17.3 Å². The van der Waals surface area contributed by atoms with Crippen molar-refractivity contribution in [2.24, 2.45) is 0 Å². The monoisotopic (exact) mass is 273 g/mol. The number of carbonyl (C=O) groups is 1. The van der Waals surface area contributed by atoms with Crippen LogP contribution in [0.15, 0.2) is 42.6 Å². The molecule has 0 fully saturated rings. The Kier molecular flexibility index (Phi) is 3.90. The van der Waals surface area contributed by atoms with Gasteiger partial charge in [-0.25, -0.2) is 9.78 Å². The molecule has 0 amide bonds. The zero-order valence-corrected chi connectivity index (χ0v) is 10.3. The number of pyridine rings is 1. The maximum Gasteiger partial charge on any atom is 0.356 e. The van der Waals surface area contributed by atoms with Gasteiger partial charge in [-0.2, -0.15) is 0 Å². The Balaban J connectivity index is 2.15. The lowest BCUT2D eigenvalue weighted by Gasteiger charge is -2.08. The Hall–Kier alpha value is -2.96. The molecule has 0 atom stereocenters. The minimum atomic E-state index is -1.13. The first kappa shape index (κ1) is 13.5. The van der Waals surface area contributed by atoms with Gasteiger partial charge in [0.25, 0.3) is 5.69 Å². The van der Waals surface area contributed by atoms with Crippen molar-refractivity contribution in [3.05, 3.63) is 64.0 Å². The molecule has 0 aliphatic carbocycles. The van der Waals surface area contributed by atoms with Crippen LogP contribution in [-0.4, -0.2) is 21.0 Å². The van der Waals surface area contributed by atoms with Crippen LogP contribution < -0.4 is 5.32 Å². The van der Waals surface area contributed by atoms with E-state index >= 15 is 0 Å². The number of benzene rings is 1. The first-order valence-corrected chi connectivity index (χ1v) is 5.73. The standard InChI is InChI=1S/C13H11N3O4/c17-13(18)12-11(5-2-6-14-12)15-8-9-3-1-4-10(7-9)16(19)20/h1-7,15H,8H2,(H,17,18). The zero-order valence-electron chi connectivity index (χ0n) is 10.3. The lowest BCUT2D eigenvalue weighted by molar-refractivity contribution is -0.384. The topological polar surface area (TPSA) is 105 Å². The van der Waals surface area contributed by atoms with Crippen LogP contribution in [0.3, 0.4) is 0 Å². The average Bonchev–Trinajstić information content (AvgIpc) is 2.45. The summed E-state index contributed by atoms with van der Waals surface area (Å²) >= 11 is 0. The lowest BCUT2D eigenvalue weighted by Crippen LogP contribution is -2.08. The Bertz CT molecular complexity index is 658. The molecule has 0 aliphatic rings. The normalized spacial score (nSPS) is 10.0. The molecule has 0 bridgehead atoms. The van der Waals surface area contributed by atoms with Gasteiger partial charge in [0.1, 0.15) is 0 Å². The number of aromatic nitrogens is 1. The maximum atomic E-state index is 11.0. The second kappa shape index (κ2) is 5.79. The zero-order chi connectivity index (χ0) is 14.5. The van der Waals surface area contributed by atoms with E-state index in [0.29, 0.717) is 11.3 Å². The minimum absolute atomic E-state index is 0.00561. The lowest BCUT2D eigenvalue weighted by atomic mass is 10.2. The third-order valence-electron chi connectivity index (χ3n) is 2.61. The Labute approximate surface area is 114 Å². The molecule has 20 heavy (non-hydrogen) atoms. The molecule has 0 spiro atoms. The van der Waals surface area contributed by atoms with Gasteiger partial charge in [-0.3, -0.25) is 10.1 Å². The molecule has 7 heteroatoms. The number of anilines is 1. The van der Waals surface area contributed by atoms with Crippen LogP contribution in [0.25, 0.3) is 0 Å². The highest BCUT2D eigenvalue weighted by molar-refractivity contribution is 5.91. The van der Waals surface area contributed by atoms with E-state index in [4.69, 9.17) is 5.11 Å².